The monoisotopic (exact) mass is 295 g/mol. The van der Waals surface area contributed by atoms with Gasteiger partial charge in [0.05, 0.1) is 16.8 Å². The minimum Gasteiger partial charge on any atom is -0.344 e. The molecule has 1 unspecified atom stereocenters. The van der Waals surface area contributed by atoms with Crippen molar-refractivity contribution < 1.29 is 4.79 Å². The Kier molecular flexibility index (Phi) is 4.13. The smallest absolute Gasteiger partial charge is 0.271 e. The molecule has 0 fully saturated rings. The van der Waals surface area contributed by atoms with Gasteiger partial charge in [-0.05, 0) is 20.3 Å². The van der Waals surface area contributed by atoms with Gasteiger partial charge in [0.25, 0.3) is 5.91 Å². The van der Waals surface area contributed by atoms with Crippen molar-refractivity contribution in [1.29, 1.82) is 0 Å². The molecule has 0 radical (unpaired) electrons. The molecule has 108 valence electrons. The number of nitrogens with one attached hydrogen (secondary N) is 2. The summed E-state index contributed by atoms with van der Waals surface area (Å²) in [6, 6.07) is -0.178. The Hall–Kier alpha value is -1.82. The number of aryl methyl sites for hydroxylation is 3. The minimum atomic E-state index is -0.251. The Bertz CT molecular complexity index is 631. The summed E-state index contributed by atoms with van der Waals surface area (Å²) in [7, 11) is 1.70. The van der Waals surface area contributed by atoms with E-state index in [-0.39, 0.29) is 11.9 Å². The van der Waals surface area contributed by atoms with Crippen LogP contribution in [0.15, 0.2) is 6.20 Å². The van der Waals surface area contributed by atoms with Crippen LogP contribution in [0.1, 0.15) is 47.1 Å². The van der Waals surface area contributed by atoms with Crippen molar-refractivity contribution in [3.63, 3.8) is 0 Å². The van der Waals surface area contributed by atoms with E-state index in [4.69, 9.17) is 11.6 Å². The molecular weight excluding hydrogens is 278 g/mol. The molecule has 0 saturated carbocycles. The second kappa shape index (κ2) is 5.66. The highest BCUT2D eigenvalue weighted by Crippen LogP contribution is 2.21. The van der Waals surface area contributed by atoms with Crippen LogP contribution in [0.3, 0.4) is 0 Å². The second-order valence-electron chi connectivity index (χ2n) is 4.76. The van der Waals surface area contributed by atoms with Crippen molar-refractivity contribution in [2.75, 3.05) is 0 Å². The third kappa shape index (κ3) is 2.70. The first-order valence-corrected chi connectivity index (χ1v) is 6.83. The fraction of sp³-hybridized carbons (Fsp3) is 0.462. The number of aromatic amines is 1. The second-order valence-corrected chi connectivity index (χ2v) is 5.14. The lowest BCUT2D eigenvalue weighted by molar-refractivity contribution is 0.0924. The number of hydrogen-bond donors (Lipinski definition) is 2. The lowest BCUT2D eigenvalue weighted by Crippen LogP contribution is -2.30. The highest BCUT2D eigenvalue weighted by atomic mass is 35.5. The van der Waals surface area contributed by atoms with Gasteiger partial charge in [0.1, 0.15) is 11.5 Å². The van der Waals surface area contributed by atoms with Crippen LogP contribution in [0.2, 0.25) is 5.02 Å². The van der Waals surface area contributed by atoms with Gasteiger partial charge in [-0.1, -0.05) is 18.5 Å². The van der Waals surface area contributed by atoms with Gasteiger partial charge in [-0.3, -0.25) is 9.48 Å². The van der Waals surface area contributed by atoms with E-state index < -0.39 is 0 Å². The van der Waals surface area contributed by atoms with Crippen LogP contribution in [0, 0.1) is 13.8 Å². The van der Waals surface area contributed by atoms with Crippen molar-refractivity contribution in [2.45, 2.75) is 33.2 Å². The number of aromatic nitrogens is 4. The van der Waals surface area contributed by atoms with E-state index in [1.807, 2.05) is 13.8 Å². The SMILES string of the molecule is CCC(NC(=O)c1c(Cl)c(C)nn1C)c1ncc(C)[nH]1. The van der Waals surface area contributed by atoms with E-state index in [1.54, 1.807) is 20.2 Å². The minimum absolute atomic E-state index is 0.178. The maximum absolute atomic E-state index is 12.4. The third-order valence-corrected chi connectivity index (χ3v) is 3.58. The van der Waals surface area contributed by atoms with Crippen LogP contribution in [-0.2, 0) is 7.05 Å². The Morgan fingerprint density at radius 1 is 1.55 bits per heavy atom. The number of amides is 1. The number of hydrogen-bond acceptors (Lipinski definition) is 3. The summed E-state index contributed by atoms with van der Waals surface area (Å²) < 4.78 is 1.49. The summed E-state index contributed by atoms with van der Waals surface area (Å²) in [4.78, 5) is 19.7. The van der Waals surface area contributed by atoms with Gasteiger partial charge in [0.2, 0.25) is 0 Å². The largest absolute Gasteiger partial charge is 0.344 e. The number of halogens is 1. The molecule has 0 bridgehead atoms. The fourth-order valence-corrected chi connectivity index (χ4v) is 2.33. The van der Waals surface area contributed by atoms with Crippen LogP contribution < -0.4 is 5.32 Å². The number of imidazole rings is 1. The number of nitrogens with zero attached hydrogens (tertiary/aromatic N) is 3. The van der Waals surface area contributed by atoms with E-state index in [2.05, 4.69) is 20.4 Å². The highest BCUT2D eigenvalue weighted by Gasteiger charge is 2.22. The van der Waals surface area contributed by atoms with E-state index in [0.717, 1.165) is 17.9 Å². The number of carbonyl (C=O) groups is 1. The zero-order valence-corrected chi connectivity index (χ0v) is 12.7. The van der Waals surface area contributed by atoms with E-state index >= 15 is 0 Å². The first-order valence-electron chi connectivity index (χ1n) is 6.45. The van der Waals surface area contributed by atoms with E-state index in [9.17, 15) is 4.79 Å². The molecule has 7 heteroatoms. The van der Waals surface area contributed by atoms with Gasteiger partial charge in [-0.2, -0.15) is 5.10 Å². The normalized spacial score (nSPS) is 12.4. The van der Waals surface area contributed by atoms with Crippen LogP contribution >= 0.6 is 11.6 Å². The molecular formula is C13H18ClN5O. The average Bonchev–Trinajstić information content (AvgIpc) is 2.91. The molecule has 2 aromatic heterocycles. The standard InChI is InChI=1S/C13H18ClN5O/c1-5-9(12-15-6-7(2)16-12)17-13(20)11-10(14)8(3)18-19(11)4/h6,9H,5H2,1-4H3,(H,15,16)(H,17,20). The molecule has 2 rings (SSSR count). The molecule has 20 heavy (non-hydrogen) atoms. The Morgan fingerprint density at radius 3 is 2.70 bits per heavy atom. The zero-order chi connectivity index (χ0) is 14.9. The van der Waals surface area contributed by atoms with Crippen molar-refractivity contribution in [2.24, 2.45) is 7.05 Å². The summed E-state index contributed by atoms with van der Waals surface area (Å²) in [5.41, 5.74) is 1.97. The van der Waals surface area contributed by atoms with E-state index in [1.165, 1.54) is 4.68 Å². The first kappa shape index (κ1) is 14.6. The molecule has 0 saturated heterocycles. The van der Waals surface area contributed by atoms with Crippen LogP contribution in [0.5, 0.6) is 0 Å². The predicted molar refractivity (Wildman–Crippen MR) is 76.8 cm³/mol. The Morgan fingerprint density at radius 2 is 2.25 bits per heavy atom. The van der Waals surface area contributed by atoms with Crippen LogP contribution in [0.25, 0.3) is 0 Å². The average molecular weight is 296 g/mol. The topological polar surface area (TPSA) is 75.6 Å². The zero-order valence-electron chi connectivity index (χ0n) is 12.0. The maximum atomic E-state index is 12.4. The molecule has 2 heterocycles. The molecule has 2 aromatic rings. The quantitative estimate of drug-likeness (QED) is 0.908. The molecule has 1 atom stereocenters. The highest BCUT2D eigenvalue weighted by molar-refractivity contribution is 6.34. The summed E-state index contributed by atoms with van der Waals surface area (Å²) >= 11 is 6.12. The van der Waals surface area contributed by atoms with Gasteiger partial charge in [-0.25, -0.2) is 4.98 Å². The molecule has 6 nitrogen and oxygen atoms in total. The van der Waals surface area contributed by atoms with Crippen molar-refractivity contribution in [3.8, 4) is 0 Å². The summed E-state index contributed by atoms with van der Waals surface area (Å²) in [6.45, 7) is 5.68. The lowest BCUT2D eigenvalue weighted by Gasteiger charge is -2.15. The number of H-pyrrole nitrogens is 1. The van der Waals surface area contributed by atoms with Gasteiger partial charge in [-0.15, -0.1) is 0 Å². The van der Waals surface area contributed by atoms with Crippen molar-refractivity contribution >= 4 is 17.5 Å². The Labute approximate surface area is 122 Å². The first-order chi connectivity index (χ1) is 9.43. The molecule has 0 aliphatic heterocycles. The van der Waals surface area contributed by atoms with Crippen molar-refractivity contribution in [3.05, 3.63) is 34.1 Å². The number of rotatable bonds is 4. The van der Waals surface area contributed by atoms with Crippen LogP contribution in [0.4, 0.5) is 0 Å². The summed E-state index contributed by atoms with van der Waals surface area (Å²) in [5.74, 6) is 0.493. The molecule has 0 spiro atoms. The van der Waals surface area contributed by atoms with E-state index in [0.29, 0.717) is 16.4 Å². The van der Waals surface area contributed by atoms with Gasteiger partial charge in [0.15, 0.2) is 0 Å². The van der Waals surface area contributed by atoms with Gasteiger partial charge >= 0.3 is 0 Å². The van der Waals surface area contributed by atoms with Gasteiger partial charge < -0.3 is 10.3 Å². The summed E-state index contributed by atoms with van der Waals surface area (Å²) in [6.07, 6.45) is 2.47. The molecule has 0 aliphatic carbocycles. The van der Waals surface area contributed by atoms with Crippen molar-refractivity contribution in [1.82, 2.24) is 25.1 Å². The number of carbonyl (C=O) groups excluding carboxylic acids is 1. The Balaban J connectivity index is 2.21. The van der Waals surface area contributed by atoms with Gasteiger partial charge in [0, 0.05) is 18.9 Å². The third-order valence-electron chi connectivity index (χ3n) is 3.13. The maximum Gasteiger partial charge on any atom is 0.271 e. The molecule has 2 N–H and O–H groups in total. The molecule has 0 aliphatic rings. The fourth-order valence-electron chi connectivity index (χ4n) is 2.08. The summed E-state index contributed by atoms with van der Waals surface area (Å²) in [5, 5.41) is 7.46. The van der Waals surface area contributed by atoms with Crippen LogP contribution in [-0.4, -0.2) is 25.7 Å². The molecule has 1 amide bonds. The predicted octanol–water partition coefficient (Wildman–Crippen LogP) is 2.29. The molecule has 0 aromatic carbocycles. The lowest BCUT2D eigenvalue weighted by atomic mass is 10.2.